The normalized spacial score (nSPS) is 32.4. The Balaban J connectivity index is 2.01. The highest BCUT2D eigenvalue weighted by molar-refractivity contribution is 5.81. The maximum atomic E-state index is 11.9. The molecule has 1 N–H and O–H groups in total. The van der Waals surface area contributed by atoms with Crippen LogP contribution in [0.1, 0.15) is 33.1 Å². The number of hydrogen-bond donors (Lipinski definition) is 1. The van der Waals surface area contributed by atoms with E-state index in [0.29, 0.717) is 12.6 Å². The maximum absolute atomic E-state index is 11.9. The van der Waals surface area contributed by atoms with Gasteiger partial charge in [0.2, 0.25) is 5.91 Å². The molecular formula is C12H23N3O. The van der Waals surface area contributed by atoms with Gasteiger partial charge in [-0.3, -0.25) is 10.1 Å². The molecule has 0 aromatic heterocycles. The number of likely N-dealkylation sites (tertiary alicyclic amines) is 1. The van der Waals surface area contributed by atoms with E-state index >= 15 is 0 Å². The number of amides is 1. The lowest BCUT2D eigenvalue weighted by Crippen LogP contribution is -2.52. The summed E-state index contributed by atoms with van der Waals surface area (Å²) in [5.74, 6) is 0.287. The summed E-state index contributed by atoms with van der Waals surface area (Å²) in [5, 5.41) is 3.29. The summed E-state index contributed by atoms with van der Waals surface area (Å²) in [4.78, 5) is 16.4. The van der Waals surface area contributed by atoms with Crippen molar-refractivity contribution >= 4 is 5.91 Å². The molecule has 0 aromatic carbocycles. The predicted molar refractivity (Wildman–Crippen MR) is 64.1 cm³/mol. The first kappa shape index (κ1) is 11.9. The molecule has 0 saturated carbocycles. The Bertz CT molecular complexity index is 257. The molecule has 2 unspecified atom stereocenters. The summed E-state index contributed by atoms with van der Waals surface area (Å²) in [6, 6.07) is 0.432. The molecule has 2 heterocycles. The Morgan fingerprint density at radius 2 is 2.25 bits per heavy atom. The highest BCUT2D eigenvalue weighted by Gasteiger charge is 2.36. The second-order valence-corrected chi connectivity index (χ2v) is 4.80. The Morgan fingerprint density at radius 1 is 1.44 bits per heavy atom. The van der Waals surface area contributed by atoms with Gasteiger partial charge >= 0.3 is 0 Å². The minimum Gasteiger partial charge on any atom is -0.322 e. The van der Waals surface area contributed by atoms with Crippen LogP contribution >= 0.6 is 0 Å². The van der Waals surface area contributed by atoms with Crippen LogP contribution in [0.5, 0.6) is 0 Å². The van der Waals surface area contributed by atoms with Crippen molar-refractivity contribution in [3.8, 4) is 0 Å². The zero-order valence-electron chi connectivity index (χ0n) is 10.4. The Morgan fingerprint density at radius 3 is 2.94 bits per heavy atom. The molecule has 2 aliphatic heterocycles. The Hall–Kier alpha value is -0.610. The van der Waals surface area contributed by atoms with Gasteiger partial charge < -0.3 is 9.80 Å². The van der Waals surface area contributed by atoms with E-state index in [0.717, 1.165) is 19.5 Å². The number of nitrogens with zero attached hydrogens (tertiary/aromatic N) is 2. The molecule has 2 saturated heterocycles. The lowest BCUT2D eigenvalue weighted by Gasteiger charge is -2.39. The number of rotatable bonds is 3. The average Bonchev–Trinajstić information content (AvgIpc) is 2.70. The second-order valence-electron chi connectivity index (χ2n) is 4.80. The molecule has 4 heteroatoms. The zero-order chi connectivity index (χ0) is 11.5. The van der Waals surface area contributed by atoms with E-state index in [4.69, 9.17) is 0 Å². The van der Waals surface area contributed by atoms with E-state index in [1.165, 1.54) is 19.4 Å². The molecule has 2 rings (SSSR count). The van der Waals surface area contributed by atoms with Crippen molar-refractivity contribution in [1.82, 2.24) is 15.1 Å². The van der Waals surface area contributed by atoms with Crippen LogP contribution in [0.2, 0.25) is 0 Å². The van der Waals surface area contributed by atoms with E-state index < -0.39 is 0 Å². The van der Waals surface area contributed by atoms with Crippen molar-refractivity contribution in [3.05, 3.63) is 0 Å². The first-order valence-corrected chi connectivity index (χ1v) is 6.53. The van der Waals surface area contributed by atoms with Gasteiger partial charge in [-0.15, -0.1) is 0 Å². The molecule has 1 amide bonds. The van der Waals surface area contributed by atoms with E-state index in [-0.39, 0.29) is 12.1 Å². The van der Waals surface area contributed by atoms with Gasteiger partial charge in [0.05, 0.1) is 12.7 Å². The first-order valence-electron chi connectivity index (χ1n) is 6.53. The van der Waals surface area contributed by atoms with Crippen LogP contribution in [0.4, 0.5) is 0 Å². The topological polar surface area (TPSA) is 35.6 Å². The van der Waals surface area contributed by atoms with Gasteiger partial charge in [0.25, 0.3) is 0 Å². The smallest absolute Gasteiger partial charge is 0.238 e. The van der Waals surface area contributed by atoms with Crippen molar-refractivity contribution < 1.29 is 4.79 Å². The van der Waals surface area contributed by atoms with Gasteiger partial charge in [0.1, 0.15) is 0 Å². The molecule has 0 aromatic rings. The molecule has 0 bridgehead atoms. The lowest BCUT2D eigenvalue weighted by molar-refractivity contribution is -0.131. The number of hydrogen-bond acceptors (Lipinski definition) is 3. The van der Waals surface area contributed by atoms with Crippen LogP contribution in [0.15, 0.2) is 0 Å². The molecule has 2 atom stereocenters. The molecule has 16 heavy (non-hydrogen) atoms. The summed E-state index contributed by atoms with van der Waals surface area (Å²) >= 11 is 0. The third-order valence-electron chi connectivity index (χ3n) is 3.82. The minimum absolute atomic E-state index is 0.273. The Kier molecular flexibility index (Phi) is 3.82. The molecule has 4 nitrogen and oxygen atoms in total. The highest BCUT2D eigenvalue weighted by Crippen LogP contribution is 2.21. The third kappa shape index (κ3) is 2.23. The summed E-state index contributed by atoms with van der Waals surface area (Å²) < 4.78 is 0. The van der Waals surface area contributed by atoms with Crippen molar-refractivity contribution in [2.45, 2.75) is 45.3 Å². The third-order valence-corrected chi connectivity index (χ3v) is 3.82. The van der Waals surface area contributed by atoms with Crippen molar-refractivity contribution in [1.29, 1.82) is 0 Å². The second kappa shape index (κ2) is 5.15. The lowest BCUT2D eigenvalue weighted by atomic mass is 10.0. The molecule has 0 radical (unpaired) electrons. The van der Waals surface area contributed by atoms with E-state index in [9.17, 15) is 4.79 Å². The van der Waals surface area contributed by atoms with Gasteiger partial charge in [0, 0.05) is 12.6 Å². The van der Waals surface area contributed by atoms with Crippen molar-refractivity contribution in [2.75, 3.05) is 26.2 Å². The van der Waals surface area contributed by atoms with Crippen LogP contribution in [-0.4, -0.2) is 54.1 Å². The summed E-state index contributed by atoms with van der Waals surface area (Å²) in [6.45, 7) is 8.22. The zero-order valence-corrected chi connectivity index (χ0v) is 10.4. The number of carbonyl (C=O) groups is 1. The molecule has 0 spiro atoms. The van der Waals surface area contributed by atoms with Crippen molar-refractivity contribution in [3.63, 3.8) is 0 Å². The van der Waals surface area contributed by atoms with Crippen LogP contribution in [0.25, 0.3) is 0 Å². The molecule has 0 aliphatic carbocycles. The molecule has 2 fully saturated rings. The van der Waals surface area contributed by atoms with Crippen LogP contribution in [0, 0.1) is 0 Å². The van der Waals surface area contributed by atoms with E-state index in [1.807, 2.05) is 0 Å². The summed E-state index contributed by atoms with van der Waals surface area (Å²) in [6.07, 6.45) is 3.67. The summed E-state index contributed by atoms with van der Waals surface area (Å²) in [5.41, 5.74) is 0. The summed E-state index contributed by atoms with van der Waals surface area (Å²) in [7, 11) is 0. The number of likely N-dealkylation sites (N-methyl/N-ethyl adjacent to an activating group) is 1. The number of piperidine rings is 1. The van der Waals surface area contributed by atoms with Gasteiger partial charge in [0.15, 0.2) is 0 Å². The predicted octanol–water partition coefficient (Wildman–Crippen LogP) is 0.639. The quantitative estimate of drug-likeness (QED) is 0.765. The largest absolute Gasteiger partial charge is 0.322 e. The monoisotopic (exact) mass is 225 g/mol. The molecule has 2 aliphatic rings. The highest BCUT2D eigenvalue weighted by atomic mass is 16.2. The van der Waals surface area contributed by atoms with Gasteiger partial charge in [-0.25, -0.2) is 0 Å². The van der Waals surface area contributed by atoms with E-state index in [1.54, 1.807) is 0 Å². The number of carbonyl (C=O) groups excluding carboxylic acids is 1. The molecule has 92 valence electrons. The average molecular weight is 225 g/mol. The molecular weight excluding hydrogens is 202 g/mol. The Labute approximate surface area is 98.0 Å². The minimum atomic E-state index is 0.273. The first-order chi connectivity index (χ1) is 7.76. The van der Waals surface area contributed by atoms with Gasteiger partial charge in [-0.1, -0.05) is 13.8 Å². The van der Waals surface area contributed by atoms with Gasteiger partial charge in [-0.05, 0) is 32.4 Å². The van der Waals surface area contributed by atoms with Crippen LogP contribution in [-0.2, 0) is 4.79 Å². The number of nitrogens with one attached hydrogen (secondary N) is 1. The fraction of sp³-hybridized carbons (Fsp3) is 0.917. The SMILES string of the molecule is CCC1NCC(=O)N1C1CCCN(CC)C1. The van der Waals surface area contributed by atoms with Crippen molar-refractivity contribution in [2.24, 2.45) is 0 Å². The fourth-order valence-corrected chi connectivity index (χ4v) is 2.91. The van der Waals surface area contributed by atoms with Gasteiger partial charge in [-0.2, -0.15) is 0 Å². The van der Waals surface area contributed by atoms with Crippen LogP contribution < -0.4 is 5.32 Å². The van der Waals surface area contributed by atoms with E-state index in [2.05, 4.69) is 29.0 Å². The fourth-order valence-electron chi connectivity index (χ4n) is 2.91. The van der Waals surface area contributed by atoms with Crippen LogP contribution in [0.3, 0.4) is 0 Å². The standard InChI is InChI=1S/C12H23N3O/c1-3-11-13-8-12(16)15(11)10-6-5-7-14(4-2)9-10/h10-11,13H,3-9H2,1-2H3. The maximum Gasteiger partial charge on any atom is 0.238 e.